The molecule has 0 saturated heterocycles. The summed E-state index contributed by atoms with van der Waals surface area (Å²) in [6.45, 7) is 0.552. The molecule has 14 heteroatoms. The monoisotopic (exact) mass is 536 g/mol. The van der Waals surface area contributed by atoms with Crippen LogP contribution in [-0.2, 0) is 6.54 Å². The number of hydrogen-bond donors (Lipinski definition) is 4. The van der Waals surface area contributed by atoms with Crippen LogP contribution in [0.25, 0.3) is 22.2 Å². The molecule has 0 fully saturated rings. The average Bonchev–Trinajstić information content (AvgIpc) is 3.46. The van der Waals surface area contributed by atoms with Crippen molar-refractivity contribution in [1.29, 1.82) is 0 Å². The van der Waals surface area contributed by atoms with Crippen molar-refractivity contribution in [2.24, 2.45) is 5.73 Å². The Morgan fingerprint density at radius 3 is 2.55 bits per heavy atom. The summed E-state index contributed by atoms with van der Waals surface area (Å²) < 4.78 is 74.7. The number of rotatable bonds is 7. The Morgan fingerprint density at radius 1 is 1.21 bits per heavy atom. The predicted molar refractivity (Wildman–Crippen MR) is 127 cm³/mol. The van der Waals surface area contributed by atoms with Crippen LogP contribution in [0, 0.1) is 11.6 Å². The number of primary amides is 1. The Balaban J connectivity index is 1.77. The molecule has 0 aliphatic heterocycles. The van der Waals surface area contributed by atoms with E-state index in [4.69, 9.17) is 16.2 Å². The third-order valence-corrected chi connectivity index (χ3v) is 5.99. The number of nitrogens with one attached hydrogen (secondary N) is 2. The van der Waals surface area contributed by atoms with Crippen molar-refractivity contribution in [3.8, 4) is 17.0 Å². The lowest BCUT2D eigenvalue weighted by Gasteiger charge is -2.17. The van der Waals surface area contributed by atoms with Gasteiger partial charge in [0.1, 0.15) is 40.5 Å². The van der Waals surface area contributed by atoms with Crippen LogP contribution >= 0.6 is 0 Å². The fourth-order valence-electron chi connectivity index (χ4n) is 4.08. The molecular formula is C24H21F5N6O3. The molecule has 0 aliphatic rings. The largest absolute Gasteiger partial charge is 0.496 e. The summed E-state index contributed by atoms with van der Waals surface area (Å²) in [5, 5.41) is 6.52. The van der Waals surface area contributed by atoms with Crippen LogP contribution in [0.2, 0.25) is 0 Å². The number of hydrogen-bond acceptors (Lipinski definition) is 5. The van der Waals surface area contributed by atoms with E-state index >= 15 is 4.39 Å². The highest BCUT2D eigenvalue weighted by molar-refractivity contribution is 6.07. The van der Waals surface area contributed by atoms with Crippen LogP contribution in [-0.4, -0.2) is 39.9 Å². The lowest BCUT2D eigenvalue weighted by molar-refractivity contribution is -0.164. The quantitative estimate of drug-likeness (QED) is 0.264. The molecule has 9 nitrogen and oxygen atoms in total. The van der Waals surface area contributed by atoms with Gasteiger partial charge in [0.25, 0.3) is 11.8 Å². The van der Waals surface area contributed by atoms with E-state index < -0.39 is 52.7 Å². The Labute approximate surface area is 211 Å². The zero-order chi connectivity index (χ0) is 27.9. The summed E-state index contributed by atoms with van der Waals surface area (Å²) in [6, 6.07) is 3.59. The van der Waals surface area contributed by atoms with Crippen molar-refractivity contribution in [2.75, 3.05) is 12.8 Å². The number of carbonyl (C=O) groups excluding carboxylic acids is 2. The van der Waals surface area contributed by atoms with E-state index in [2.05, 4.69) is 15.4 Å². The molecule has 2 aromatic carbocycles. The summed E-state index contributed by atoms with van der Waals surface area (Å²) in [4.78, 5) is 27.7. The Bertz CT molecular complexity index is 1560. The smallest absolute Gasteiger partial charge is 0.410 e. The fourth-order valence-corrected chi connectivity index (χ4v) is 4.08. The second-order valence-corrected chi connectivity index (χ2v) is 8.32. The second-order valence-electron chi connectivity index (χ2n) is 8.32. The molecule has 0 aliphatic carbocycles. The molecule has 2 aromatic heterocycles. The van der Waals surface area contributed by atoms with Crippen LogP contribution in [0.3, 0.4) is 0 Å². The minimum Gasteiger partial charge on any atom is -0.496 e. The maximum atomic E-state index is 15.5. The molecule has 0 radical (unpaired) electrons. The number of nitrogens with zero attached hydrogens (tertiary/aromatic N) is 2. The summed E-state index contributed by atoms with van der Waals surface area (Å²) >= 11 is 0. The molecule has 1 unspecified atom stereocenters. The van der Waals surface area contributed by atoms with E-state index in [9.17, 15) is 27.2 Å². The van der Waals surface area contributed by atoms with E-state index in [0.717, 1.165) is 25.1 Å². The Morgan fingerprint density at radius 2 is 1.92 bits per heavy atom. The molecule has 1 atom stereocenters. The number of aromatic nitrogens is 3. The number of amides is 2. The highest BCUT2D eigenvalue weighted by atomic mass is 19.4. The molecule has 38 heavy (non-hydrogen) atoms. The predicted octanol–water partition coefficient (Wildman–Crippen LogP) is 4.05. The molecule has 2 amide bonds. The van der Waals surface area contributed by atoms with Crippen LogP contribution in [0.1, 0.15) is 39.2 Å². The van der Waals surface area contributed by atoms with Crippen LogP contribution < -0.4 is 21.5 Å². The molecule has 0 saturated carbocycles. The van der Waals surface area contributed by atoms with Gasteiger partial charge in [-0.1, -0.05) is 0 Å². The Kier molecular flexibility index (Phi) is 6.74. The van der Waals surface area contributed by atoms with Crippen molar-refractivity contribution in [2.45, 2.75) is 25.7 Å². The van der Waals surface area contributed by atoms with Crippen molar-refractivity contribution < 1.29 is 36.3 Å². The van der Waals surface area contributed by atoms with Gasteiger partial charge in [-0.05, 0) is 42.8 Å². The maximum absolute atomic E-state index is 15.5. The summed E-state index contributed by atoms with van der Waals surface area (Å²) in [5.74, 6) is -4.06. The van der Waals surface area contributed by atoms with Gasteiger partial charge in [0.15, 0.2) is 0 Å². The SMILES string of the molecule is COc1ccc(F)cc1C(=O)NCc1cc(F)c(-c2nn(C(C)C(F)(F)F)c(N)c2C(N)=O)c2cc[nH]c12. The van der Waals surface area contributed by atoms with Gasteiger partial charge in [0.2, 0.25) is 0 Å². The summed E-state index contributed by atoms with van der Waals surface area (Å²) in [5.41, 5.74) is 10.3. The summed E-state index contributed by atoms with van der Waals surface area (Å²) in [6.07, 6.45) is -3.34. The molecule has 0 spiro atoms. The molecule has 4 aromatic rings. The topological polar surface area (TPSA) is 141 Å². The zero-order valence-electron chi connectivity index (χ0n) is 19.9. The number of H-pyrrole nitrogens is 1. The van der Waals surface area contributed by atoms with Crippen molar-refractivity contribution in [3.63, 3.8) is 0 Å². The van der Waals surface area contributed by atoms with Crippen molar-refractivity contribution >= 4 is 28.5 Å². The molecule has 2 heterocycles. The van der Waals surface area contributed by atoms with E-state index in [-0.39, 0.29) is 34.4 Å². The minimum atomic E-state index is -4.76. The third-order valence-electron chi connectivity index (χ3n) is 5.99. The number of methoxy groups -OCH3 is 1. The van der Waals surface area contributed by atoms with Gasteiger partial charge < -0.3 is 26.5 Å². The average molecular weight is 536 g/mol. The molecule has 6 N–H and O–H groups in total. The zero-order valence-corrected chi connectivity index (χ0v) is 19.9. The number of fused-ring (bicyclic) bond motifs is 1. The van der Waals surface area contributed by atoms with Crippen LogP contribution in [0.5, 0.6) is 5.75 Å². The van der Waals surface area contributed by atoms with Gasteiger partial charge >= 0.3 is 6.18 Å². The normalized spacial score (nSPS) is 12.5. The number of carbonyl (C=O) groups is 2. The van der Waals surface area contributed by atoms with Gasteiger partial charge in [-0.2, -0.15) is 18.3 Å². The Hall–Kier alpha value is -4.62. The highest BCUT2D eigenvalue weighted by Gasteiger charge is 2.41. The van der Waals surface area contributed by atoms with Gasteiger partial charge in [-0.25, -0.2) is 13.5 Å². The van der Waals surface area contributed by atoms with Crippen LogP contribution in [0.15, 0.2) is 36.5 Å². The van der Waals surface area contributed by atoms with E-state index in [1.807, 2.05) is 0 Å². The first-order valence-electron chi connectivity index (χ1n) is 11.0. The fraction of sp³-hybridized carbons (Fsp3) is 0.208. The summed E-state index contributed by atoms with van der Waals surface area (Å²) in [7, 11) is 1.31. The number of alkyl halides is 3. The number of ether oxygens (including phenoxy) is 1. The molecule has 4 rings (SSSR count). The number of halogens is 5. The maximum Gasteiger partial charge on any atom is 0.410 e. The number of aromatic amines is 1. The van der Waals surface area contributed by atoms with Gasteiger partial charge in [-0.15, -0.1) is 0 Å². The first-order valence-corrected chi connectivity index (χ1v) is 11.0. The van der Waals surface area contributed by atoms with E-state index in [1.54, 1.807) is 0 Å². The number of nitrogen functional groups attached to an aromatic ring is 1. The van der Waals surface area contributed by atoms with E-state index in [0.29, 0.717) is 10.2 Å². The van der Waals surface area contributed by atoms with Crippen molar-refractivity contribution in [1.82, 2.24) is 20.1 Å². The first-order chi connectivity index (χ1) is 17.8. The van der Waals surface area contributed by atoms with Crippen molar-refractivity contribution in [3.05, 3.63) is 64.9 Å². The first kappa shape index (κ1) is 26.4. The van der Waals surface area contributed by atoms with E-state index in [1.165, 1.54) is 25.4 Å². The second kappa shape index (κ2) is 9.68. The number of anilines is 1. The van der Waals surface area contributed by atoms with Gasteiger partial charge in [0.05, 0.1) is 18.2 Å². The lowest BCUT2D eigenvalue weighted by Crippen LogP contribution is -2.26. The van der Waals surface area contributed by atoms with Gasteiger partial charge in [-0.3, -0.25) is 9.59 Å². The molecular weight excluding hydrogens is 515 g/mol. The molecule has 200 valence electrons. The molecule has 0 bridgehead atoms. The standard InChI is InChI=1S/C24H21F5N6O3/c1-10(24(27,28)29)35-21(30)18(22(31)36)20(34-35)17-13-5-6-32-19(13)11(7-15(17)26)9-33-23(37)14-8-12(25)3-4-16(14)38-2/h3-8,10,32H,9,30H2,1-2H3,(H2,31,36)(H,33,37). The number of nitrogens with two attached hydrogens (primary N) is 2. The van der Waals surface area contributed by atoms with Crippen LogP contribution in [0.4, 0.5) is 27.8 Å². The highest BCUT2D eigenvalue weighted by Crippen LogP contribution is 2.39. The minimum absolute atomic E-state index is 0.0850. The third kappa shape index (κ3) is 4.60. The lowest BCUT2D eigenvalue weighted by atomic mass is 9.99. The number of benzene rings is 2. The van der Waals surface area contributed by atoms with Gasteiger partial charge in [0, 0.05) is 23.7 Å².